The maximum Gasteiger partial charge on any atom is 0.416 e. The first-order chi connectivity index (χ1) is 9.20. The molecule has 0 spiro atoms. The van der Waals surface area contributed by atoms with E-state index >= 15 is 0 Å². The molecule has 0 aliphatic carbocycles. The number of carbonyl (C=O) groups is 2. The molecule has 1 N–H and O–H groups in total. The fourth-order valence-corrected chi connectivity index (χ4v) is 2.67. The molecule has 6 heteroatoms. The molecule has 2 heterocycles. The van der Waals surface area contributed by atoms with E-state index in [1.807, 2.05) is 0 Å². The largest absolute Gasteiger partial charge is 0.447 e. The standard InChI is InChI=1S/C13H23N3O3/c1-2-6-15(9-11-4-3-5-14-11)10-12(17)16-7-8-19-13(16)18/h11,14H,2-10H2,1H3. The van der Waals surface area contributed by atoms with E-state index in [0.717, 1.165) is 26.1 Å². The molecule has 2 saturated heterocycles. The van der Waals surface area contributed by atoms with E-state index in [2.05, 4.69) is 17.1 Å². The van der Waals surface area contributed by atoms with Crippen LogP contribution in [-0.4, -0.2) is 67.2 Å². The molecule has 0 radical (unpaired) electrons. The van der Waals surface area contributed by atoms with Gasteiger partial charge in [0.15, 0.2) is 0 Å². The van der Waals surface area contributed by atoms with E-state index in [4.69, 9.17) is 4.74 Å². The van der Waals surface area contributed by atoms with Crippen molar-refractivity contribution in [1.29, 1.82) is 0 Å². The molecule has 6 nitrogen and oxygen atoms in total. The Labute approximate surface area is 114 Å². The van der Waals surface area contributed by atoms with Gasteiger partial charge in [0.2, 0.25) is 5.91 Å². The number of cyclic esters (lactones) is 1. The van der Waals surface area contributed by atoms with Gasteiger partial charge >= 0.3 is 6.09 Å². The Hall–Kier alpha value is -1.14. The molecule has 0 bridgehead atoms. The second-order valence-corrected chi connectivity index (χ2v) is 5.19. The smallest absolute Gasteiger partial charge is 0.416 e. The van der Waals surface area contributed by atoms with Crippen molar-refractivity contribution in [3.63, 3.8) is 0 Å². The molecule has 2 aliphatic rings. The van der Waals surface area contributed by atoms with Crippen molar-refractivity contribution < 1.29 is 14.3 Å². The first-order valence-electron chi connectivity index (χ1n) is 7.13. The minimum Gasteiger partial charge on any atom is -0.447 e. The van der Waals surface area contributed by atoms with Gasteiger partial charge in [-0.05, 0) is 32.4 Å². The Balaban J connectivity index is 1.84. The lowest BCUT2D eigenvalue weighted by Gasteiger charge is -2.25. The van der Waals surface area contributed by atoms with E-state index < -0.39 is 6.09 Å². The van der Waals surface area contributed by atoms with Crippen LogP contribution in [0.5, 0.6) is 0 Å². The molecular weight excluding hydrogens is 246 g/mol. The summed E-state index contributed by atoms with van der Waals surface area (Å²) in [6.07, 6.45) is 2.88. The van der Waals surface area contributed by atoms with Gasteiger partial charge in [0.1, 0.15) is 6.61 Å². The van der Waals surface area contributed by atoms with Crippen molar-refractivity contribution in [3.8, 4) is 0 Å². The van der Waals surface area contributed by atoms with Crippen LogP contribution in [0, 0.1) is 0 Å². The van der Waals surface area contributed by atoms with Gasteiger partial charge < -0.3 is 10.1 Å². The topological polar surface area (TPSA) is 61.9 Å². The third-order valence-electron chi connectivity index (χ3n) is 3.60. The van der Waals surface area contributed by atoms with E-state index in [0.29, 0.717) is 25.7 Å². The SMILES string of the molecule is CCCN(CC(=O)N1CCOC1=O)CC1CCCN1. The number of rotatable bonds is 6. The predicted octanol–water partition coefficient (Wildman–Crippen LogP) is 0.429. The predicted molar refractivity (Wildman–Crippen MR) is 70.8 cm³/mol. The van der Waals surface area contributed by atoms with Crippen molar-refractivity contribution in [1.82, 2.24) is 15.1 Å². The van der Waals surface area contributed by atoms with Gasteiger partial charge in [-0.15, -0.1) is 0 Å². The highest BCUT2D eigenvalue weighted by Gasteiger charge is 2.29. The second-order valence-electron chi connectivity index (χ2n) is 5.19. The van der Waals surface area contributed by atoms with Crippen molar-refractivity contribution >= 4 is 12.0 Å². The molecule has 0 aromatic rings. The third kappa shape index (κ3) is 3.91. The van der Waals surface area contributed by atoms with Gasteiger partial charge in [0.25, 0.3) is 0 Å². The van der Waals surface area contributed by atoms with Crippen LogP contribution >= 0.6 is 0 Å². The van der Waals surface area contributed by atoms with Gasteiger partial charge in [-0.2, -0.15) is 0 Å². The van der Waals surface area contributed by atoms with Crippen LogP contribution in [0.15, 0.2) is 0 Å². The highest BCUT2D eigenvalue weighted by molar-refractivity contribution is 5.94. The Morgan fingerprint density at radius 2 is 2.42 bits per heavy atom. The average Bonchev–Trinajstić information content (AvgIpc) is 3.00. The fraction of sp³-hybridized carbons (Fsp3) is 0.846. The first kappa shape index (κ1) is 14.3. The average molecular weight is 269 g/mol. The molecule has 1 unspecified atom stereocenters. The summed E-state index contributed by atoms with van der Waals surface area (Å²) in [4.78, 5) is 26.8. The van der Waals surface area contributed by atoms with Crippen LogP contribution in [-0.2, 0) is 9.53 Å². The molecule has 0 aromatic carbocycles. The second kappa shape index (κ2) is 6.86. The Morgan fingerprint density at radius 1 is 1.58 bits per heavy atom. The van der Waals surface area contributed by atoms with E-state index in [1.54, 1.807) is 0 Å². The number of hydrogen-bond acceptors (Lipinski definition) is 5. The number of nitrogens with one attached hydrogen (secondary N) is 1. The van der Waals surface area contributed by atoms with Gasteiger partial charge in [-0.1, -0.05) is 6.92 Å². The summed E-state index contributed by atoms with van der Waals surface area (Å²) >= 11 is 0. The Bertz CT molecular complexity index is 329. The highest BCUT2D eigenvalue weighted by atomic mass is 16.6. The van der Waals surface area contributed by atoms with Crippen molar-refractivity contribution in [3.05, 3.63) is 0 Å². The number of hydrogen-bond donors (Lipinski definition) is 1. The van der Waals surface area contributed by atoms with E-state index in [9.17, 15) is 9.59 Å². The van der Waals surface area contributed by atoms with Gasteiger partial charge in [-0.3, -0.25) is 9.69 Å². The van der Waals surface area contributed by atoms with Crippen LogP contribution in [0.1, 0.15) is 26.2 Å². The molecule has 2 rings (SSSR count). The third-order valence-corrected chi connectivity index (χ3v) is 3.60. The summed E-state index contributed by atoms with van der Waals surface area (Å²) < 4.78 is 4.80. The summed E-state index contributed by atoms with van der Waals surface area (Å²) in [5.41, 5.74) is 0. The van der Waals surface area contributed by atoms with Crippen LogP contribution in [0.3, 0.4) is 0 Å². The summed E-state index contributed by atoms with van der Waals surface area (Å²) in [5.74, 6) is -0.144. The molecule has 108 valence electrons. The number of amides is 2. The Kier molecular flexibility index (Phi) is 5.15. The van der Waals surface area contributed by atoms with E-state index in [1.165, 1.54) is 17.7 Å². The summed E-state index contributed by atoms with van der Waals surface area (Å²) in [6, 6.07) is 0.477. The minimum absolute atomic E-state index is 0.144. The molecule has 2 aliphatic heterocycles. The number of imide groups is 1. The maximum atomic E-state index is 12.1. The number of nitrogens with zero attached hydrogens (tertiary/aromatic N) is 2. The molecule has 1 atom stereocenters. The highest BCUT2D eigenvalue weighted by Crippen LogP contribution is 2.09. The van der Waals surface area contributed by atoms with Crippen LogP contribution in [0.4, 0.5) is 4.79 Å². The van der Waals surface area contributed by atoms with E-state index in [-0.39, 0.29) is 5.91 Å². The summed E-state index contributed by atoms with van der Waals surface area (Å²) in [7, 11) is 0. The van der Waals surface area contributed by atoms with Gasteiger partial charge in [0, 0.05) is 12.6 Å². The van der Waals surface area contributed by atoms with Crippen molar-refractivity contribution in [2.24, 2.45) is 0 Å². The quantitative estimate of drug-likeness (QED) is 0.757. The lowest BCUT2D eigenvalue weighted by atomic mass is 10.2. The Morgan fingerprint density at radius 3 is 3.00 bits per heavy atom. The maximum absolute atomic E-state index is 12.1. The molecule has 0 aromatic heterocycles. The monoisotopic (exact) mass is 269 g/mol. The van der Waals surface area contributed by atoms with Gasteiger partial charge in [0.05, 0.1) is 13.1 Å². The number of ether oxygens (including phenoxy) is 1. The van der Waals surface area contributed by atoms with Gasteiger partial charge in [-0.25, -0.2) is 9.69 Å². The van der Waals surface area contributed by atoms with Crippen LogP contribution in [0.25, 0.3) is 0 Å². The molecule has 19 heavy (non-hydrogen) atoms. The normalized spacial score (nSPS) is 23.2. The molecular formula is C13H23N3O3. The van der Waals surface area contributed by atoms with Crippen LogP contribution in [0.2, 0.25) is 0 Å². The molecule has 2 fully saturated rings. The van der Waals surface area contributed by atoms with Crippen molar-refractivity contribution in [2.45, 2.75) is 32.2 Å². The summed E-state index contributed by atoms with van der Waals surface area (Å²) in [6.45, 7) is 5.94. The lowest BCUT2D eigenvalue weighted by molar-refractivity contribution is -0.129. The van der Waals surface area contributed by atoms with Crippen LogP contribution < -0.4 is 5.32 Å². The summed E-state index contributed by atoms with van der Waals surface area (Å²) in [5, 5.41) is 3.44. The zero-order chi connectivity index (χ0) is 13.7. The molecule has 2 amide bonds. The zero-order valence-electron chi connectivity index (χ0n) is 11.6. The number of carbonyl (C=O) groups excluding carboxylic acids is 2. The zero-order valence-corrected chi connectivity index (χ0v) is 11.6. The first-order valence-corrected chi connectivity index (χ1v) is 7.13. The molecule has 0 saturated carbocycles. The fourth-order valence-electron chi connectivity index (χ4n) is 2.67. The minimum atomic E-state index is -0.500. The lowest BCUT2D eigenvalue weighted by Crippen LogP contribution is -2.45. The van der Waals surface area contributed by atoms with Crippen molar-refractivity contribution in [2.75, 3.05) is 39.3 Å².